The zero-order valence-electron chi connectivity index (χ0n) is 16.7. The van der Waals surface area contributed by atoms with Gasteiger partial charge in [-0.25, -0.2) is 9.07 Å². The first-order valence-corrected chi connectivity index (χ1v) is 9.80. The molecule has 0 fully saturated rings. The SMILES string of the molecule is O=C(/C=C/c1ccccc1)c1ccc(OCc2cn(Cc3ccccc3F)nn2)cc1. The summed E-state index contributed by atoms with van der Waals surface area (Å²) in [6.45, 7) is 0.519. The van der Waals surface area contributed by atoms with Crippen LogP contribution in [-0.2, 0) is 13.2 Å². The Morgan fingerprint density at radius 3 is 2.48 bits per heavy atom. The summed E-state index contributed by atoms with van der Waals surface area (Å²) in [5, 5.41) is 8.07. The quantitative estimate of drug-likeness (QED) is 0.303. The Bertz CT molecular complexity index is 1180. The van der Waals surface area contributed by atoms with Gasteiger partial charge in [-0.3, -0.25) is 4.79 Å². The van der Waals surface area contributed by atoms with Crippen LogP contribution >= 0.6 is 0 Å². The highest BCUT2D eigenvalue weighted by molar-refractivity contribution is 6.06. The third-order valence-electron chi connectivity index (χ3n) is 4.63. The van der Waals surface area contributed by atoms with Crippen LogP contribution in [0.3, 0.4) is 0 Å². The van der Waals surface area contributed by atoms with E-state index in [9.17, 15) is 9.18 Å². The van der Waals surface area contributed by atoms with Crippen LogP contribution in [0.2, 0.25) is 0 Å². The second kappa shape index (κ2) is 9.63. The van der Waals surface area contributed by atoms with Gasteiger partial charge in [0.2, 0.25) is 0 Å². The Morgan fingerprint density at radius 2 is 1.71 bits per heavy atom. The predicted octanol–water partition coefficient (Wildman–Crippen LogP) is 4.94. The lowest BCUT2D eigenvalue weighted by atomic mass is 10.1. The van der Waals surface area contributed by atoms with Crippen molar-refractivity contribution in [2.24, 2.45) is 0 Å². The highest BCUT2D eigenvalue weighted by Gasteiger charge is 2.07. The van der Waals surface area contributed by atoms with Gasteiger partial charge in [0.25, 0.3) is 0 Å². The number of benzene rings is 3. The van der Waals surface area contributed by atoms with Crippen molar-refractivity contribution >= 4 is 11.9 Å². The Kier molecular flexibility index (Phi) is 6.28. The minimum absolute atomic E-state index is 0.0773. The van der Waals surface area contributed by atoms with Gasteiger partial charge in [-0.2, -0.15) is 0 Å². The lowest BCUT2D eigenvalue weighted by Crippen LogP contribution is -2.02. The molecule has 0 atom stereocenters. The molecule has 1 aromatic heterocycles. The topological polar surface area (TPSA) is 57.0 Å². The Balaban J connectivity index is 1.31. The molecular weight excluding hydrogens is 393 g/mol. The zero-order valence-corrected chi connectivity index (χ0v) is 16.7. The maximum atomic E-state index is 13.8. The molecule has 0 saturated carbocycles. The fourth-order valence-corrected chi connectivity index (χ4v) is 2.99. The van der Waals surface area contributed by atoms with Crippen LogP contribution in [0.25, 0.3) is 6.08 Å². The van der Waals surface area contributed by atoms with Gasteiger partial charge in [-0.1, -0.05) is 59.8 Å². The summed E-state index contributed by atoms with van der Waals surface area (Å²) in [5.41, 5.74) is 2.72. The summed E-state index contributed by atoms with van der Waals surface area (Å²) in [5.74, 6) is 0.266. The number of hydrogen-bond donors (Lipinski definition) is 0. The second-order valence-corrected chi connectivity index (χ2v) is 6.92. The number of carbonyl (C=O) groups is 1. The van der Waals surface area contributed by atoms with E-state index >= 15 is 0 Å². The number of aromatic nitrogens is 3. The molecule has 0 aliphatic carbocycles. The van der Waals surface area contributed by atoms with Crippen molar-refractivity contribution in [3.8, 4) is 5.75 Å². The fourth-order valence-electron chi connectivity index (χ4n) is 2.99. The van der Waals surface area contributed by atoms with Crippen molar-refractivity contribution in [2.45, 2.75) is 13.2 Å². The number of carbonyl (C=O) groups excluding carboxylic acids is 1. The molecule has 154 valence electrons. The van der Waals surface area contributed by atoms with E-state index in [1.807, 2.05) is 30.3 Å². The number of rotatable bonds is 8. The molecule has 6 heteroatoms. The third kappa shape index (κ3) is 5.51. The highest BCUT2D eigenvalue weighted by atomic mass is 19.1. The smallest absolute Gasteiger partial charge is 0.185 e. The molecule has 3 aromatic carbocycles. The first-order valence-electron chi connectivity index (χ1n) is 9.80. The Hall–Kier alpha value is -4.06. The number of hydrogen-bond acceptors (Lipinski definition) is 4. The second-order valence-electron chi connectivity index (χ2n) is 6.92. The molecule has 0 aliphatic heterocycles. The van der Waals surface area contributed by atoms with Crippen molar-refractivity contribution in [2.75, 3.05) is 0 Å². The van der Waals surface area contributed by atoms with Crippen LogP contribution in [-0.4, -0.2) is 20.8 Å². The van der Waals surface area contributed by atoms with E-state index in [0.29, 0.717) is 29.1 Å². The van der Waals surface area contributed by atoms with E-state index in [4.69, 9.17) is 4.74 Å². The highest BCUT2D eigenvalue weighted by Crippen LogP contribution is 2.15. The van der Waals surface area contributed by atoms with Gasteiger partial charge < -0.3 is 4.74 Å². The van der Waals surface area contributed by atoms with Gasteiger partial charge in [0.15, 0.2) is 5.78 Å². The molecule has 0 saturated heterocycles. The van der Waals surface area contributed by atoms with Crippen LogP contribution in [0.15, 0.2) is 91.1 Å². The molecule has 0 radical (unpaired) electrons. The number of nitrogens with zero attached hydrogens (tertiary/aromatic N) is 3. The summed E-state index contributed by atoms with van der Waals surface area (Å²) in [6.07, 6.45) is 5.06. The summed E-state index contributed by atoms with van der Waals surface area (Å²) < 4.78 is 21.1. The summed E-state index contributed by atoms with van der Waals surface area (Å²) in [4.78, 5) is 12.3. The fraction of sp³-hybridized carbons (Fsp3) is 0.0800. The van der Waals surface area contributed by atoms with E-state index in [-0.39, 0.29) is 18.2 Å². The molecule has 31 heavy (non-hydrogen) atoms. The minimum atomic E-state index is -0.274. The van der Waals surface area contributed by atoms with Crippen molar-refractivity contribution < 1.29 is 13.9 Å². The van der Waals surface area contributed by atoms with E-state index < -0.39 is 0 Å². The van der Waals surface area contributed by atoms with E-state index in [1.165, 1.54) is 6.07 Å². The molecule has 0 bridgehead atoms. The monoisotopic (exact) mass is 413 g/mol. The first kappa shape index (κ1) is 20.2. The maximum absolute atomic E-state index is 13.8. The maximum Gasteiger partial charge on any atom is 0.185 e. The molecule has 4 rings (SSSR count). The predicted molar refractivity (Wildman–Crippen MR) is 116 cm³/mol. The first-order chi connectivity index (χ1) is 15.2. The lowest BCUT2D eigenvalue weighted by Gasteiger charge is -2.04. The minimum Gasteiger partial charge on any atom is -0.487 e. The van der Waals surface area contributed by atoms with Crippen LogP contribution in [0.1, 0.15) is 27.2 Å². The van der Waals surface area contributed by atoms with E-state index in [2.05, 4.69) is 10.3 Å². The van der Waals surface area contributed by atoms with Crippen molar-refractivity contribution in [1.29, 1.82) is 0 Å². The summed E-state index contributed by atoms with van der Waals surface area (Å²) in [7, 11) is 0. The van der Waals surface area contributed by atoms with Gasteiger partial charge >= 0.3 is 0 Å². The molecule has 0 unspecified atom stereocenters. The zero-order chi connectivity index (χ0) is 21.5. The summed E-state index contributed by atoms with van der Waals surface area (Å²) in [6, 6.07) is 23.2. The van der Waals surface area contributed by atoms with Gasteiger partial charge in [0, 0.05) is 11.1 Å². The lowest BCUT2D eigenvalue weighted by molar-refractivity contribution is 0.104. The Morgan fingerprint density at radius 1 is 0.968 bits per heavy atom. The van der Waals surface area contributed by atoms with Crippen LogP contribution in [0.4, 0.5) is 4.39 Å². The van der Waals surface area contributed by atoms with E-state index in [1.54, 1.807) is 65.5 Å². The van der Waals surface area contributed by atoms with Crippen LogP contribution in [0.5, 0.6) is 5.75 Å². The molecule has 0 spiro atoms. The molecule has 1 heterocycles. The normalized spacial score (nSPS) is 11.0. The number of ketones is 1. The molecule has 0 aliphatic rings. The molecule has 0 N–H and O–H groups in total. The number of ether oxygens (including phenoxy) is 1. The van der Waals surface area contributed by atoms with Crippen LogP contribution in [0, 0.1) is 5.82 Å². The molecule has 0 amide bonds. The number of halogens is 1. The molecule has 4 aromatic rings. The summed E-state index contributed by atoms with van der Waals surface area (Å²) >= 11 is 0. The third-order valence-corrected chi connectivity index (χ3v) is 4.63. The standard InChI is InChI=1S/C25H20FN3O2/c26-24-9-5-4-8-21(24)16-29-17-22(27-28-29)18-31-23-13-11-20(12-14-23)25(30)15-10-19-6-2-1-3-7-19/h1-15,17H,16,18H2/b15-10+. The largest absolute Gasteiger partial charge is 0.487 e. The molecular formula is C25H20FN3O2. The average molecular weight is 413 g/mol. The Labute approximate surface area is 179 Å². The van der Waals surface area contributed by atoms with Crippen molar-refractivity contribution in [3.63, 3.8) is 0 Å². The van der Waals surface area contributed by atoms with Crippen molar-refractivity contribution in [3.05, 3.63) is 119 Å². The van der Waals surface area contributed by atoms with Gasteiger partial charge in [-0.05, 0) is 42.0 Å². The number of allylic oxidation sites excluding steroid dienone is 1. The average Bonchev–Trinajstić information content (AvgIpc) is 3.26. The van der Waals surface area contributed by atoms with Gasteiger partial charge in [0.05, 0.1) is 12.7 Å². The van der Waals surface area contributed by atoms with E-state index in [0.717, 1.165) is 5.56 Å². The molecule has 5 nitrogen and oxygen atoms in total. The van der Waals surface area contributed by atoms with Crippen LogP contribution < -0.4 is 4.74 Å². The van der Waals surface area contributed by atoms with Gasteiger partial charge in [-0.15, -0.1) is 5.10 Å². The van der Waals surface area contributed by atoms with Crippen molar-refractivity contribution in [1.82, 2.24) is 15.0 Å². The van der Waals surface area contributed by atoms with Gasteiger partial charge in [0.1, 0.15) is 23.9 Å².